The molecular weight excluding hydrogens is 192 g/mol. The average Bonchev–Trinajstić information content (AvgIpc) is 2.03. The van der Waals surface area contributed by atoms with E-state index in [4.69, 9.17) is 0 Å². The minimum absolute atomic E-state index is 0.181. The van der Waals surface area contributed by atoms with E-state index in [0.29, 0.717) is 19.4 Å². The number of ether oxygens (including phenoxy) is 1. The van der Waals surface area contributed by atoms with Gasteiger partial charge in [-0.15, -0.1) is 0 Å². The number of carbonyl (C=O) groups is 1. The standard InChI is InChI=1S/C8H16O4S/c1-3-13(10,11)7-5-4-6-12-8(2)9/h3-7H2,1-2H3. The fraction of sp³-hybridized carbons (Fsp3) is 0.875. The molecule has 78 valence electrons. The Bertz CT molecular complexity index is 243. The van der Waals surface area contributed by atoms with Crippen LogP contribution in [-0.2, 0) is 19.4 Å². The second-order valence-electron chi connectivity index (χ2n) is 2.78. The third-order valence-electron chi connectivity index (χ3n) is 1.59. The molecule has 0 aliphatic carbocycles. The fourth-order valence-corrected chi connectivity index (χ4v) is 1.72. The molecule has 13 heavy (non-hydrogen) atoms. The molecule has 0 aliphatic heterocycles. The number of sulfone groups is 1. The molecule has 0 saturated heterocycles. The summed E-state index contributed by atoms with van der Waals surface area (Å²) in [5.41, 5.74) is 0. The van der Waals surface area contributed by atoms with Gasteiger partial charge in [-0.25, -0.2) is 8.42 Å². The average molecular weight is 208 g/mol. The van der Waals surface area contributed by atoms with Crippen molar-refractivity contribution in [2.24, 2.45) is 0 Å². The molecule has 0 aromatic rings. The van der Waals surface area contributed by atoms with E-state index < -0.39 is 9.84 Å². The Labute approximate surface area is 79.2 Å². The Morgan fingerprint density at radius 2 is 1.92 bits per heavy atom. The first-order valence-corrected chi connectivity index (χ1v) is 6.14. The molecule has 0 amide bonds. The molecule has 5 heteroatoms. The molecule has 0 saturated carbocycles. The lowest BCUT2D eigenvalue weighted by Gasteiger charge is -2.01. The molecule has 0 atom stereocenters. The Balaban J connectivity index is 3.42. The summed E-state index contributed by atoms with van der Waals surface area (Å²) in [6, 6.07) is 0. The third-order valence-corrected chi connectivity index (χ3v) is 3.39. The first-order chi connectivity index (χ1) is 5.98. The van der Waals surface area contributed by atoms with E-state index in [9.17, 15) is 13.2 Å². The fourth-order valence-electron chi connectivity index (χ4n) is 0.784. The summed E-state index contributed by atoms with van der Waals surface area (Å²) in [7, 11) is -2.86. The molecule has 0 spiro atoms. The highest BCUT2D eigenvalue weighted by Crippen LogP contribution is 1.97. The number of carbonyl (C=O) groups excluding carboxylic acids is 1. The van der Waals surface area contributed by atoms with Crippen LogP contribution in [-0.4, -0.2) is 32.5 Å². The minimum Gasteiger partial charge on any atom is -0.466 e. The largest absolute Gasteiger partial charge is 0.466 e. The summed E-state index contributed by atoms with van der Waals surface area (Å²) in [6.07, 6.45) is 1.17. The van der Waals surface area contributed by atoms with Crippen LogP contribution in [0.15, 0.2) is 0 Å². The predicted molar refractivity (Wildman–Crippen MR) is 50.2 cm³/mol. The zero-order valence-electron chi connectivity index (χ0n) is 8.08. The minimum atomic E-state index is -2.86. The van der Waals surface area contributed by atoms with Gasteiger partial charge in [0, 0.05) is 12.7 Å². The number of hydrogen-bond donors (Lipinski definition) is 0. The molecule has 0 bridgehead atoms. The first kappa shape index (κ1) is 12.4. The maximum Gasteiger partial charge on any atom is 0.302 e. The van der Waals surface area contributed by atoms with E-state index in [2.05, 4.69) is 4.74 Å². The van der Waals surface area contributed by atoms with Crippen LogP contribution in [0.1, 0.15) is 26.7 Å². The molecule has 0 aliphatic rings. The van der Waals surface area contributed by atoms with Crippen LogP contribution in [0.5, 0.6) is 0 Å². The maximum absolute atomic E-state index is 11.0. The number of hydrogen-bond acceptors (Lipinski definition) is 4. The molecule has 0 aromatic carbocycles. The van der Waals surface area contributed by atoms with Gasteiger partial charge in [-0.3, -0.25) is 4.79 Å². The van der Waals surface area contributed by atoms with Gasteiger partial charge in [0.25, 0.3) is 0 Å². The maximum atomic E-state index is 11.0. The summed E-state index contributed by atoms with van der Waals surface area (Å²) >= 11 is 0. The van der Waals surface area contributed by atoms with Crippen LogP contribution >= 0.6 is 0 Å². The van der Waals surface area contributed by atoms with Crippen LogP contribution in [0, 0.1) is 0 Å². The van der Waals surface area contributed by atoms with Crippen LogP contribution in [0.2, 0.25) is 0 Å². The lowest BCUT2D eigenvalue weighted by Crippen LogP contribution is -2.09. The zero-order chi connectivity index (χ0) is 10.3. The van der Waals surface area contributed by atoms with Crippen molar-refractivity contribution in [1.82, 2.24) is 0 Å². The predicted octanol–water partition coefficient (Wildman–Crippen LogP) is 0.764. The smallest absolute Gasteiger partial charge is 0.302 e. The molecule has 0 fully saturated rings. The van der Waals surface area contributed by atoms with Gasteiger partial charge < -0.3 is 4.74 Å². The highest BCUT2D eigenvalue weighted by atomic mass is 32.2. The number of unbranched alkanes of at least 4 members (excludes halogenated alkanes) is 1. The van der Waals surface area contributed by atoms with Gasteiger partial charge in [0.2, 0.25) is 0 Å². The Kier molecular flexibility index (Phi) is 5.70. The van der Waals surface area contributed by atoms with Gasteiger partial charge in [-0.05, 0) is 12.8 Å². The highest BCUT2D eigenvalue weighted by molar-refractivity contribution is 7.91. The van der Waals surface area contributed by atoms with Crippen molar-refractivity contribution in [3.8, 4) is 0 Å². The van der Waals surface area contributed by atoms with Crippen molar-refractivity contribution in [2.75, 3.05) is 18.1 Å². The van der Waals surface area contributed by atoms with Gasteiger partial charge in [-0.2, -0.15) is 0 Å². The zero-order valence-corrected chi connectivity index (χ0v) is 8.89. The second kappa shape index (κ2) is 5.96. The molecule has 0 unspecified atom stereocenters. The molecule has 0 N–H and O–H groups in total. The van der Waals surface area contributed by atoms with Gasteiger partial charge in [0.05, 0.1) is 12.4 Å². The topological polar surface area (TPSA) is 60.4 Å². The summed E-state index contributed by atoms with van der Waals surface area (Å²) in [4.78, 5) is 10.3. The SMILES string of the molecule is CCS(=O)(=O)CCCCOC(C)=O. The highest BCUT2D eigenvalue weighted by Gasteiger charge is 2.06. The van der Waals surface area contributed by atoms with Crippen molar-refractivity contribution in [1.29, 1.82) is 0 Å². The monoisotopic (exact) mass is 208 g/mol. The summed E-state index contributed by atoms with van der Waals surface area (Å²) in [6.45, 7) is 3.28. The van der Waals surface area contributed by atoms with E-state index >= 15 is 0 Å². The van der Waals surface area contributed by atoms with E-state index in [1.54, 1.807) is 6.92 Å². The lowest BCUT2D eigenvalue weighted by atomic mass is 10.4. The molecule has 0 rings (SSSR count). The number of esters is 1. The van der Waals surface area contributed by atoms with Gasteiger partial charge in [0.1, 0.15) is 9.84 Å². The normalized spacial score (nSPS) is 11.2. The van der Waals surface area contributed by atoms with Crippen molar-refractivity contribution in [2.45, 2.75) is 26.7 Å². The summed E-state index contributed by atoms with van der Waals surface area (Å²) in [5, 5.41) is 0. The molecule has 4 nitrogen and oxygen atoms in total. The number of rotatable bonds is 6. The Morgan fingerprint density at radius 3 is 2.38 bits per heavy atom. The summed E-state index contributed by atoms with van der Waals surface area (Å²) in [5.74, 6) is 0.0454. The Hall–Kier alpha value is -0.580. The van der Waals surface area contributed by atoms with Crippen molar-refractivity contribution < 1.29 is 17.9 Å². The molecular formula is C8H16O4S. The van der Waals surface area contributed by atoms with Gasteiger partial charge in [-0.1, -0.05) is 6.92 Å². The first-order valence-electron chi connectivity index (χ1n) is 4.31. The van der Waals surface area contributed by atoms with Crippen LogP contribution < -0.4 is 0 Å². The molecule has 0 radical (unpaired) electrons. The summed E-state index contributed by atoms with van der Waals surface area (Å²) < 4.78 is 26.6. The van der Waals surface area contributed by atoms with Gasteiger partial charge >= 0.3 is 5.97 Å². The second-order valence-corrected chi connectivity index (χ2v) is 5.26. The van der Waals surface area contributed by atoms with Crippen molar-refractivity contribution in [3.63, 3.8) is 0 Å². The quantitative estimate of drug-likeness (QED) is 0.477. The van der Waals surface area contributed by atoms with Crippen molar-refractivity contribution >= 4 is 15.8 Å². The van der Waals surface area contributed by atoms with Crippen LogP contribution in [0.25, 0.3) is 0 Å². The van der Waals surface area contributed by atoms with E-state index in [1.807, 2.05) is 0 Å². The molecule has 0 heterocycles. The van der Waals surface area contributed by atoms with E-state index in [1.165, 1.54) is 6.92 Å². The third kappa shape index (κ3) is 7.77. The van der Waals surface area contributed by atoms with Crippen LogP contribution in [0.3, 0.4) is 0 Å². The van der Waals surface area contributed by atoms with Crippen LogP contribution in [0.4, 0.5) is 0 Å². The van der Waals surface area contributed by atoms with Crippen molar-refractivity contribution in [3.05, 3.63) is 0 Å². The Morgan fingerprint density at radius 1 is 1.31 bits per heavy atom. The van der Waals surface area contributed by atoms with E-state index in [0.717, 1.165) is 0 Å². The lowest BCUT2D eigenvalue weighted by molar-refractivity contribution is -0.141. The van der Waals surface area contributed by atoms with Gasteiger partial charge in [0.15, 0.2) is 0 Å². The molecule has 0 aromatic heterocycles. The van der Waals surface area contributed by atoms with E-state index in [-0.39, 0.29) is 17.5 Å².